The zero-order chi connectivity index (χ0) is 25.3. The lowest BCUT2D eigenvalue weighted by Crippen LogP contribution is -2.25. The van der Waals surface area contributed by atoms with Crippen molar-refractivity contribution >= 4 is 29.3 Å². The molecule has 0 spiro atoms. The van der Waals surface area contributed by atoms with Gasteiger partial charge >= 0.3 is 0 Å². The molecule has 180 valence electrons. The molecule has 1 aromatic heterocycles. The minimum Gasteiger partial charge on any atom is -0.376 e. The molecule has 0 unspecified atom stereocenters. The van der Waals surface area contributed by atoms with Crippen LogP contribution < -0.4 is 16.0 Å². The Morgan fingerprint density at radius 1 is 1.00 bits per heavy atom. The summed E-state index contributed by atoms with van der Waals surface area (Å²) in [5, 5.41) is 8.87. The summed E-state index contributed by atoms with van der Waals surface area (Å²) in [5.41, 5.74) is 4.82. The smallest absolute Gasteiger partial charge is 0.251 e. The fourth-order valence-corrected chi connectivity index (χ4v) is 2.92. The molecule has 34 heavy (non-hydrogen) atoms. The molecule has 2 aromatic carbocycles. The van der Waals surface area contributed by atoms with E-state index in [9.17, 15) is 9.59 Å². The predicted octanol–water partition coefficient (Wildman–Crippen LogP) is 6.07. The van der Waals surface area contributed by atoms with Crippen LogP contribution in [0.15, 0.2) is 73.6 Å². The fraction of sp³-hybridized carbons (Fsp3) is 0.250. The second-order valence-corrected chi connectivity index (χ2v) is 6.82. The lowest BCUT2D eigenvalue weighted by molar-refractivity contribution is -0.114. The van der Waals surface area contributed by atoms with Crippen molar-refractivity contribution in [2.75, 3.05) is 17.2 Å². The molecule has 2 amide bonds. The Kier molecular flexibility index (Phi) is 13.1. The Morgan fingerprint density at radius 3 is 2.41 bits per heavy atom. The molecule has 6 nitrogen and oxygen atoms in total. The van der Waals surface area contributed by atoms with Crippen LogP contribution in [0, 0.1) is 6.92 Å². The summed E-state index contributed by atoms with van der Waals surface area (Å²) >= 11 is 0. The molecule has 0 radical (unpaired) electrons. The maximum Gasteiger partial charge on any atom is 0.251 e. The zero-order valence-corrected chi connectivity index (χ0v) is 20.8. The van der Waals surface area contributed by atoms with Gasteiger partial charge in [0, 0.05) is 24.0 Å². The van der Waals surface area contributed by atoms with E-state index in [1.807, 2.05) is 71.0 Å². The number of anilines is 2. The van der Waals surface area contributed by atoms with Crippen LogP contribution in [0.4, 0.5) is 11.4 Å². The number of nitrogens with one attached hydrogen (secondary N) is 3. The van der Waals surface area contributed by atoms with Crippen molar-refractivity contribution in [3.8, 4) is 0 Å². The molecule has 0 fully saturated rings. The summed E-state index contributed by atoms with van der Waals surface area (Å²) in [7, 11) is 0. The number of benzene rings is 2. The number of carbonyl (C=O) groups is 2. The van der Waals surface area contributed by atoms with Crippen LogP contribution in [-0.2, 0) is 11.3 Å². The summed E-state index contributed by atoms with van der Waals surface area (Å²) < 4.78 is 0. The van der Waals surface area contributed by atoms with Gasteiger partial charge in [-0.25, -0.2) is 0 Å². The summed E-state index contributed by atoms with van der Waals surface area (Å²) in [5.74, 6) is -0.339. The number of hydrogen-bond acceptors (Lipinski definition) is 4. The predicted molar refractivity (Wildman–Crippen MR) is 143 cm³/mol. The first kappa shape index (κ1) is 28.1. The molecular formula is C28H36N4O2. The second kappa shape index (κ2) is 15.8. The number of nitrogens with zero attached hydrogens (tertiary/aromatic N) is 1. The van der Waals surface area contributed by atoms with E-state index < -0.39 is 0 Å². The molecule has 0 saturated carbocycles. The van der Waals surface area contributed by atoms with Gasteiger partial charge in [-0.15, -0.1) is 0 Å². The molecule has 3 N–H and O–H groups in total. The maximum atomic E-state index is 12.5. The minimum atomic E-state index is -0.193. The Bertz CT molecular complexity index is 1050. The van der Waals surface area contributed by atoms with E-state index in [1.54, 1.807) is 36.7 Å². The number of pyridine rings is 1. The number of aryl methyl sites for hydroxylation is 1. The number of hydrogen-bond donors (Lipinski definition) is 3. The van der Waals surface area contributed by atoms with E-state index in [1.165, 1.54) is 0 Å². The monoisotopic (exact) mass is 460 g/mol. The standard InChI is InChI=1S/C24H24N4O2.2C2H6/c1-3-18-9-10-20(14-27-24(30)19-7-4-6-17(2)12-19)22(13-18)26-16-23(29)28-21-8-5-11-25-15-21;2*1-2/h3-13,15,26H,1,14,16H2,2H3,(H,27,30)(H,28,29);2*1-2H3. The Hall–Kier alpha value is -3.93. The second-order valence-electron chi connectivity index (χ2n) is 6.82. The van der Waals surface area contributed by atoms with Crippen LogP contribution in [0.25, 0.3) is 6.08 Å². The van der Waals surface area contributed by atoms with E-state index in [0.717, 1.165) is 22.4 Å². The van der Waals surface area contributed by atoms with E-state index in [2.05, 4.69) is 27.5 Å². The van der Waals surface area contributed by atoms with Gasteiger partial charge < -0.3 is 16.0 Å². The molecule has 6 heteroatoms. The van der Waals surface area contributed by atoms with Crippen LogP contribution >= 0.6 is 0 Å². The normalized spacial score (nSPS) is 9.32. The van der Waals surface area contributed by atoms with Gasteiger partial charge in [-0.2, -0.15) is 0 Å². The molecule has 0 aliphatic heterocycles. The highest BCUT2D eigenvalue weighted by Crippen LogP contribution is 2.19. The minimum absolute atomic E-state index is 0.0777. The quantitative estimate of drug-likeness (QED) is 0.381. The highest BCUT2D eigenvalue weighted by Gasteiger charge is 2.10. The molecule has 3 aromatic rings. The van der Waals surface area contributed by atoms with Crippen molar-refractivity contribution in [3.63, 3.8) is 0 Å². The zero-order valence-electron chi connectivity index (χ0n) is 20.8. The van der Waals surface area contributed by atoms with Gasteiger partial charge in [0.05, 0.1) is 18.4 Å². The first-order chi connectivity index (χ1) is 16.5. The average molecular weight is 461 g/mol. The summed E-state index contributed by atoms with van der Waals surface area (Å²) in [6.45, 7) is 14.1. The SMILES string of the molecule is C=Cc1ccc(CNC(=O)c2cccc(C)c2)c(NCC(=O)Nc2cccnc2)c1.CC.CC. The molecule has 0 aliphatic rings. The fourth-order valence-electron chi connectivity index (χ4n) is 2.92. The number of rotatable bonds is 8. The van der Waals surface area contributed by atoms with Crippen LogP contribution in [0.2, 0.25) is 0 Å². The molecule has 0 saturated heterocycles. The third-order valence-corrected chi connectivity index (χ3v) is 4.47. The molecule has 0 bridgehead atoms. The highest BCUT2D eigenvalue weighted by molar-refractivity contribution is 5.95. The highest BCUT2D eigenvalue weighted by atomic mass is 16.2. The van der Waals surface area contributed by atoms with Crippen LogP contribution in [0.1, 0.15) is 54.7 Å². The molecule has 3 rings (SSSR count). The first-order valence-corrected chi connectivity index (χ1v) is 11.6. The van der Waals surface area contributed by atoms with Crippen LogP contribution in [0.5, 0.6) is 0 Å². The topological polar surface area (TPSA) is 83.1 Å². The molecular weight excluding hydrogens is 424 g/mol. The summed E-state index contributed by atoms with van der Waals surface area (Å²) in [6.07, 6.45) is 4.96. The number of carbonyl (C=O) groups excluding carboxylic acids is 2. The molecule has 0 atom stereocenters. The van der Waals surface area contributed by atoms with Gasteiger partial charge in [0.1, 0.15) is 0 Å². The lowest BCUT2D eigenvalue weighted by Gasteiger charge is -2.14. The average Bonchev–Trinajstić information content (AvgIpc) is 2.89. The van der Waals surface area contributed by atoms with Gasteiger partial charge in [-0.05, 0) is 48.4 Å². The van der Waals surface area contributed by atoms with E-state index >= 15 is 0 Å². The van der Waals surface area contributed by atoms with Crippen molar-refractivity contribution in [2.24, 2.45) is 0 Å². The maximum absolute atomic E-state index is 12.5. The molecule has 1 heterocycles. The van der Waals surface area contributed by atoms with Crippen molar-refractivity contribution in [3.05, 3.63) is 95.8 Å². The van der Waals surface area contributed by atoms with E-state index in [4.69, 9.17) is 0 Å². The summed E-state index contributed by atoms with van der Waals surface area (Å²) in [6, 6.07) is 16.7. The van der Waals surface area contributed by atoms with Gasteiger partial charge in [0.25, 0.3) is 5.91 Å². The number of amides is 2. The third kappa shape index (κ3) is 9.28. The van der Waals surface area contributed by atoms with Crippen LogP contribution in [0.3, 0.4) is 0 Å². The summed E-state index contributed by atoms with van der Waals surface area (Å²) in [4.78, 5) is 28.7. The Labute approximate surface area is 203 Å². The van der Waals surface area contributed by atoms with Gasteiger partial charge in [0.2, 0.25) is 5.91 Å². The van der Waals surface area contributed by atoms with Crippen molar-refractivity contribution < 1.29 is 9.59 Å². The van der Waals surface area contributed by atoms with Crippen molar-refractivity contribution in [1.29, 1.82) is 0 Å². The van der Waals surface area contributed by atoms with Crippen molar-refractivity contribution in [2.45, 2.75) is 41.2 Å². The Balaban J connectivity index is 0.00000137. The van der Waals surface area contributed by atoms with E-state index in [0.29, 0.717) is 17.8 Å². The molecule has 0 aliphatic carbocycles. The third-order valence-electron chi connectivity index (χ3n) is 4.47. The van der Waals surface area contributed by atoms with Gasteiger partial charge in [0.15, 0.2) is 0 Å². The van der Waals surface area contributed by atoms with E-state index in [-0.39, 0.29) is 18.4 Å². The van der Waals surface area contributed by atoms with Crippen LogP contribution in [-0.4, -0.2) is 23.3 Å². The Morgan fingerprint density at radius 2 is 1.76 bits per heavy atom. The van der Waals surface area contributed by atoms with Gasteiger partial charge in [-0.1, -0.05) is 70.2 Å². The largest absolute Gasteiger partial charge is 0.376 e. The number of aromatic nitrogens is 1. The first-order valence-electron chi connectivity index (χ1n) is 11.6. The van der Waals surface area contributed by atoms with Gasteiger partial charge in [-0.3, -0.25) is 14.6 Å². The lowest BCUT2D eigenvalue weighted by atomic mass is 10.1. The van der Waals surface area contributed by atoms with Crippen molar-refractivity contribution in [1.82, 2.24) is 10.3 Å².